The molecular weight excluding hydrogens is 306 g/mol. The van der Waals surface area contributed by atoms with Crippen LogP contribution < -0.4 is 0 Å². The maximum absolute atomic E-state index is 10.1. The van der Waals surface area contributed by atoms with Crippen LogP contribution in [0.2, 0.25) is 0 Å². The largest absolute Gasteiger partial charge is 0.507 e. The standard InChI is InChI=1S/C15H22BrNO2/c1-3-19-14-5-4-6-17(10-14)9-12-8-13(16)7-11(2)15(12)18/h7-8,14,18H,3-6,9-10H2,1-2H3. The highest BCUT2D eigenvalue weighted by atomic mass is 79.9. The molecule has 1 fully saturated rings. The Labute approximate surface area is 123 Å². The van der Waals surface area contributed by atoms with Gasteiger partial charge in [0.15, 0.2) is 0 Å². The number of phenolic OH excluding ortho intramolecular Hbond substituents is 1. The average Bonchev–Trinajstić information content (AvgIpc) is 2.36. The molecule has 3 nitrogen and oxygen atoms in total. The highest BCUT2D eigenvalue weighted by Crippen LogP contribution is 2.28. The summed E-state index contributed by atoms with van der Waals surface area (Å²) in [6.07, 6.45) is 2.65. The van der Waals surface area contributed by atoms with Crippen molar-refractivity contribution in [2.24, 2.45) is 0 Å². The van der Waals surface area contributed by atoms with Gasteiger partial charge in [0.25, 0.3) is 0 Å². The first kappa shape index (κ1) is 14.8. The second-order valence-electron chi connectivity index (χ2n) is 5.19. The normalized spacial score (nSPS) is 20.7. The number of hydrogen-bond donors (Lipinski definition) is 1. The summed E-state index contributed by atoms with van der Waals surface area (Å²) in [5, 5.41) is 10.1. The van der Waals surface area contributed by atoms with E-state index in [9.17, 15) is 5.11 Å². The predicted octanol–water partition coefficient (Wildman–Crippen LogP) is 3.46. The van der Waals surface area contributed by atoms with Crippen molar-refractivity contribution in [1.82, 2.24) is 4.90 Å². The van der Waals surface area contributed by atoms with Crippen molar-refractivity contribution in [2.45, 2.75) is 39.3 Å². The van der Waals surface area contributed by atoms with Gasteiger partial charge in [0.05, 0.1) is 6.10 Å². The summed E-state index contributed by atoms with van der Waals surface area (Å²) in [6, 6.07) is 3.95. The molecule has 1 saturated heterocycles. The SMILES string of the molecule is CCOC1CCCN(Cc2cc(Br)cc(C)c2O)C1. The van der Waals surface area contributed by atoms with Crippen LogP contribution in [0.25, 0.3) is 0 Å². The van der Waals surface area contributed by atoms with E-state index in [2.05, 4.69) is 20.8 Å². The summed E-state index contributed by atoms with van der Waals surface area (Å²) in [7, 11) is 0. The van der Waals surface area contributed by atoms with Crippen LogP contribution in [0.3, 0.4) is 0 Å². The minimum atomic E-state index is 0.342. The van der Waals surface area contributed by atoms with E-state index in [-0.39, 0.29) is 0 Å². The van der Waals surface area contributed by atoms with E-state index in [1.807, 2.05) is 26.0 Å². The van der Waals surface area contributed by atoms with E-state index in [4.69, 9.17) is 4.74 Å². The highest BCUT2D eigenvalue weighted by molar-refractivity contribution is 9.10. The Morgan fingerprint density at radius 2 is 2.26 bits per heavy atom. The van der Waals surface area contributed by atoms with Gasteiger partial charge in [-0.15, -0.1) is 0 Å². The smallest absolute Gasteiger partial charge is 0.123 e. The number of ether oxygens (including phenoxy) is 1. The van der Waals surface area contributed by atoms with Crippen molar-refractivity contribution in [3.8, 4) is 5.75 Å². The van der Waals surface area contributed by atoms with Crippen LogP contribution in [0.4, 0.5) is 0 Å². The van der Waals surface area contributed by atoms with E-state index in [1.54, 1.807) is 0 Å². The first-order chi connectivity index (χ1) is 9.10. The zero-order valence-electron chi connectivity index (χ0n) is 11.7. The molecule has 2 rings (SSSR count). The number of rotatable bonds is 4. The van der Waals surface area contributed by atoms with Gasteiger partial charge in [0.2, 0.25) is 0 Å². The molecule has 1 atom stereocenters. The molecule has 4 heteroatoms. The number of benzene rings is 1. The molecule has 0 aromatic heterocycles. The molecule has 1 unspecified atom stereocenters. The Morgan fingerprint density at radius 1 is 1.47 bits per heavy atom. The molecule has 1 aromatic carbocycles. The van der Waals surface area contributed by atoms with Crippen LogP contribution >= 0.6 is 15.9 Å². The van der Waals surface area contributed by atoms with Crippen molar-refractivity contribution in [2.75, 3.05) is 19.7 Å². The van der Waals surface area contributed by atoms with E-state index in [1.165, 1.54) is 6.42 Å². The number of halogens is 1. The van der Waals surface area contributed by atoms with Crippen LogP contribution in [0.1, 0.15) is 30.9 Å². The summed E-state index contributed by atoms with van der Waals surface area (Å²) in [6.45, 7) is 7.58. The fraction of sp³-hybridized carbons (Fsp3) is 0.600. The van der Waals surface area contributed by atoms with Crippen LogP contribution in [0.5, 0.6) is 5.75 Å². The lowest BCUT2D eigenvalue weighted by Gasteiger charge is -2.32. The molecule has 0 radical (unpaired) electrons. The molecule has 1 aliphatic rings. The number of aryl methyl sites for hydroxylation is 1. The monoisotopic (exact) mass is 327 g/mol. The zero-order valence-corrected chi connectivity index (χ0v) is 13.2. The number of likely N-dealkylation sites (tertiary alicyclic amines) is 1. The van der Waals surface area contributed by atoms with Crippen molar-refractivity contribution in [3.63, 3.8) is 0 Å². The van der Waals surface area contributed by atoms with Crippen LogP contribution in [-0.4, -0.2) is 35.8 Å². The van der Waals surface area contributed by atoms with Gasteiger partial charge in [0, 0.05) is 29.7 Å². The average molecular weight is 328 g/mol. The van der Waals surface area contributed by atoms with E-state index < -0.39 is 0 Å². The Hall–Kier alpha value is -0.580. The first-order valence-electron chi connectivity index (χ1n) is 6.92. The lowest BCUT2D eigenvalue weighted by Crippen LogP contribution is -2.39. The van der Waals surface area contributed by atoms with E-state index >= 15 is 0 Å². The molecule has 1 heterocycles. The Kier molecular flexibility index (Phi) is 5.25. The van der Waals surface area contributed by atoms with Gasteiger partial charge in [-0.2, -0.15) is 0 Å². The fourth-order valence-electron chi connectivity index (χ4n) is 2.69. The summed E-state index contributed by atoms with van der Waals surface area (Å²) in [5.74, 6) is 0.418. The third-order valence-electron chi connectivity index (χ3n) is 3.60. The molecule has 0 aliphatic carbocycles. The Balaban J connectivity index is 2.04. The second kappa shape index (κ2) is 6.73. The molecule has 1 aliphatic heterocycles. The minimum absolute atomic E-state index is 0.342. The Morgan fingerprint density at radius 3 is 3.00 bits per heavy atom. The summed E-state index contributed by atoms with van der Waals surface area (Å²) >= 11 is 3.49. The molecule has 106 valence electrons. The number of phenols is 1. The van der Waals surface area contributed by atoms with Gasteiger partial charge < -0.3 is 9.84 Å². The summed E-state index contributed by atoms with van der Waals surface area (Å²) in [5.41, 5.74) is 1.91. The van der Waals surface area contributed by atoms with Crippen LogP contribution in [0, 0.1) is 6.92 Å². The molecule has 19 heavy (non-hydrogen) atoms. The number of nitrogens with zero attached hydrogens (tertiary/aromatic N) is 1. The predicted molar refractivity (Wildman–Crippen MR) is 80.5 cm³/mol. The Bertz CT molecular complexity index is 434. The van der Waals surface area contributed by atoms with Crippen molar-refractivity contribution < 1.29 is 9.84 Å². The van der Waals surface area contributed by atoms with Gasteiger partial charge in [-0.05, 0) is 50.9 Å². The van der Waals surface area contributed by atoms with Crippen molar-refractivity contribution in [3.05, 3.63) is 27.7 Å². The van der Waals surface area contributed by atoms with Gasteiger partial charge in [-0.25, -0.2) is 0 Å². The lowest BCUT2D eigenvalue weighted by atomic mass is 10.1. The van der Waals surface area contributed by atoms with E-state index in [0.29, 0.717) is 11.9 Å². The molecule has 0 amide bonds. The summed E-state index contributed by atoms with van der Waals surface area (Å²) < 4.78 is 6.74. The third-order valence-corrected chi connectivity index (χ3v) is 4.06. The van der Waals surface area contributed by atoms with Crippen LogP contribution in [-0.2, 0) is 11.3 Å². The van der Waals surface area contributed by atoms with E-state index in [0.717, 1.165) is 48.3 Å². The second-order valence-corrected chi connectivity index (χ2v) is 6.10. The quantitative estimate of drug-likeness (QED) is 0.919. The number of aromatic hydroxyl groups is 1. The third kappa shape index (κ3) is 3.94. The number of piperidine rings is 1. The maximum atomic E-state index is 10.1. The number of hydrogen-bond acceptors (Lipinski definition) is 3. The maximum Gasteiger partial charge on any atom is 0.123 e. The molecule has 0 saturated carbocycles. The van der Waals surface area contributed by atoms with Crippen molar-refractivity contribution in [1.29, 1.82) is 0 Å². The van der Waals surface area contributed by atoms with Gasteiger partial charge >= 0.3 is 0 Å². The highest BCUT2D eigenvalue weighted by Gasteiger charge is 2.21. The van der Waals surface area contributed by atoms with Gasteiger partial charge in [-0.3, -0.25) is 4.90 Å². The zero-order chi connectivity index (χ0) is 13.8. The fourth-order valence-corrected chi connectivity index (χ4v) is 3.31. The first-order valence-corrected chi connectivity index (χ1v) is 7.71. The van der Waals surface area contributed by atoms with Gasteiger partial charge in [-0.1, -0.05) is 15.9 Å². The van der Waals surface area contributed by atoms with Gasteiger partial charge in [0.1, 0.15) is 5.75 Å². The van der Waals surface area contributed by atoms with Crippen molar-refractivity contribution >= 4 is 15.9 Å². The summed E-state index contributed by atoms with van der Waals surface area (Å²) in [4.78, 5) is 2.37. The molecule has 1 aromatic rings. The molecule has 0 bridgehead atoms. The molecule has 0 spiro atoms. The molecule has 1 N–H and O–H groups in total. The lowest BCUT2D eigenvalue weighted by molar-refractivity contribution is 0.00345. The topological polar surface area (TPSA) is 32.7 Å². The molecular formula is C15H22BrNO2. The van der Waals surface area contributed by atoms with Crippen LogP contribution in [0.15, 0.2) is 16.6 Å². The minimum Gasteiger partial charge on any atom is -0.507 e.